The Morgan fingerprint density at radius 1 is 1.03 bits per heavy atom. The van der Waals surface area contributed by atoms with E-state index in [2.05, 4.69) is 15.6 Å². The fourth-order valence-corrected chi connectivity index (χ4v) is 3.38. The van der Waals surface area contributed by atoms with E-state index < -0.39 is 0 Å². The lowest BCUT2D eigenvalue weighted by Gasteiger charge is -2.19. The molecule has 0 atom stereocenters. The molecule has 0 bridgehead atoms. The van der Waals surface area contributed by atoms with Crippen molar-refractivity contribution in [3.8, 4) is 23.0 Å². The Morgan fingerprint density at radius 2 is 1.84 bits per heavy atom. The zero-order valence-electron chi connectivity index (χ0n) is 17.2. The third kappa shape index (κ3) is 4.35. The molecule has 162 valence electrons. The summed E-state index contributed by atoms with van der Waals surface area (Å²) in [5.74, 6) is 1.85. The number of carbonyl (C=O) groups excluding carboxylic acids is 2. The summed E-state index contributed by atoms with van der Waals surface area (Å²) in [5, 5.41) is 6.27. The van der Waals surface area contributed by atoms with Gasteiger partial charge in [-0.25, -0.2) is 0 Å². The topological polar surface area (TPSA) is 111 Å². The first-order valence-electron chi connectivity index (χ1n) is 9.80. The SMILES string of the molecule is COc1ccc2[nH]c(C(=O)NCCC(=O)Nc3ccc4c(c3)OCCO4)cc2c1OC. The van der Waals surface area contributed by atoms with Gasteiger partial charge >= 0.3 is 0 Å². The highest BCUT2D eigenvalue weighted by atomic mass is 16.6. The lowest BCUT2D eigenvalue weighted by molar-refractivity contribution is -0.116. The molecule has 1 aliphatic rings. The van der Waals surface area contributed by atoms with Crippen LogP contribution in [-0.2, 0) is 4.79 Å². The average Bonchev–Trinajstić information content (AvgIpc) is 3.22. The first kappa shape index (κ1) is 20.4. The molecule has 2 heterocycles. The number of amides is 2. The number of H-pyrrole nitrogens is 1. The molecule has 2 aromatic carbocycles. The van der Waals surface area contributed by atoms with Gasteiger partial charge in [0, 0.05) is 30.1 Å². The summed E-state index contributed by atoms with van der Waals surface area (Å²) in [6.07, 6.45) is 0.123. The molecule has 2 amide bonds. The highest BCUT2D eigenvalue weighted by molar-refractivity contribution is 6.00. The van der Waals surface area contributed by atoms with Crippen LogP contribution in [0.3, 0.4) is 0 Å². The van der Waals surface area contributed by atoms with E-state index in [9.17, 15) is 9.59 Å². The van der Waals surface area contributed by atoms with Crippen molar-refractivity contribution in [3.63, 3.8) is 0 Å². The van der Waals surface area contributed by atoms with Crippen LogP contribution in [0.4, 0.5) is 5.69 Å². The minimum atomic E-state index is -0.315. The normalized spacial score (nSPS) is 12.3. The van der Waals surface area contributed by atoms with Crippen molar-refractivity contribution in [2.75, 3.05) is 39.3 Å². The number of anilines is 1. The Labute approximate surface area is 178 Å². The van der Waals surface area contributed by atoms with Crippen LogP contribution in [0, 0.1) is 0 Å². The molecule has 9 heteroatoms. The van der Waals surface area contributed by atoms with Crippen molar-refractivity contribution < 1.29 is 28.5 Å². The van der Waals surface area contributed by atoms with Crippen LogP contribution in [0.15, 0.2) is 36.4 Å². The Hall–Kier alpha value is -3.88. The van der Waals surface area contributed by atoms with E-state index in [1.807, 2.05) is 6.07 Å². The predicted octanol–water partition coefficient (Wildman–Crippen LogP) is 2.71. The monoisotopic (exact) mass is 425 g/mol. The molecule has 1 aliphatic heterocycles. The summed E-state index contributed by atoms with van der Waals surface area (Å²) in [5.41, 5.74) is 1.73. The fraction of sp³-hybridized carbons (Fsp3) is 0.273. The van der Waals surface area contributed by atoms with Gasteiger partial charge in [0.15, 0.2) is 23.0 Å². The average molecular weight is 425 g/mol. The van der Waals surface area contributed by atoms with Gasteiger partial charge in [-0.05, 0) is 30.3 Å². The summed E-state index contributed by atoms with van der Waals surface area (Å²) in [6, 6.07) is 10.5. The highest BCUT2D eigenvalue weighted by Crippen LogP contribution is 2.35. The first-order valence-corrected chi connectivity index (χ1v) is 9.80. The number of nitrogens with one attached hydrogen (secondary N) is 3. The van der Waals surface area contributed by atoms with Gasteiger partial charge in [-0.2, -0.15) is 0 Å². The summed E-state index contributed by atoms with van der Waals surface area (Å²) in [4.78, 5) is 27.8. The Bertz CT molecular complexity index is 1120. The van der Waals surface area contributed by atoms with E-state index in [0.717, 1.165) is 10.9 Å². The molecule has 4 rings (SSSR count). The van der Waals surface area contributed by atoms with E-state index >= 15 is 0 Å². The Balaban J connectivity index is 1.33. The molecule has 3 aromatic rings. The number of methoxy groups -OCH3 is 2. The molecule has 3 N–H and O–H groups in total. The lowest BCUT2D eigenvalue weighted by Crippen LogP contribution is -2.27. The van der Waals surface area contributed by atoms with Crippen molar-refractivity contribution in [3.05, 3.63) is 42.1 Å². The zero-order chi connectivity index (χ0) is 21.8. The summed E-state index contributed by atoms with van der Waals surface area (Å²) < 4.78 is 21.7. The minimum absolute atomic E-state index is 0.123. The van der Waals surface area contributed by atoms with Crippen molar-refractivity contribution in [2.24, 2.45) is 0 Å². The van der Waals surface area contributed by atoms with Gasteiger partial charge in [0.2, 0.25) is 5.91 Å². The molecular weight excluding hydrogens is 402 g/mol. The Kier molecular flexibility index (Phi) is 5.83. The number of rotatable bonds is 7. The third-order valence-corrected chi connectivity index (χ3v) is 4.85. The maximum Gasteiger partial charge on any atom is 0.267 e. The predicted molar refractivity (Wildman–Crippen MR) is 114 cm³/mol. The minimum Gasteiger partial charge on any atom is -0.493 e. The van der Waals surface area contributed by atoms with Crippen molar-refractivity contribution in [2.45, 2.75) is 6.42 Å². The second kappa shape index (κ2) is 8.86. The molecule has 0 unspecified atom stereocenters. The lowest BCUT2D eigenvalue weighted by atomic mass is 10.2. The number of fused-ring (bicyclic) bond motifs is 2. The Morgan fingerprint density at radius 3 is 2.61 bits per heavy atom. The second-order valence-corrected chi connectivity index (χ2v) is 6.86. The van der Waals surface area contributed by atoms with Crippen LogP contribution in [0.5, 0.6) is 23.0 Å². The molecule has 0 spiro atoms. The quantitative estimate of drug-likeness (QED) is 0.537. The van der Waals surface area contributed by atoms with Crippen LogP contribution < -0.4 is 29.6 Å². The summed E-state index contributed by atoms with van der Waals surface area (Å²) >= 11 is 0. The van der Waals surface area contributed by atoms with Gasteiger partial charge < -0.3 is 34.6 Å². The van der Waals surface area contributed by atoms with Crippen LogP contribution in [0.2, 0.25) is 0 Å². The van der Waals surface area contributed by atoms with Gasteiger partial charge in [0.25, 0.3) is 5.91 Å². The van der Waals surface area contributed by atoms with E-state index in [4.69, 9.17) is 18.9 Å². The van der Waals surface area contributed by atoms with Crippen molar-refractivity contribution >= 4 is 28.4 Å². The van der Waals surface area contributed by atoms with Gasteiger partial charge in [0.05, 0.1) is 19.7 Å². The highest BCUT2D eigenvalue weighted by Gasteiger charge is 2.16. The summed E-state index contributed by atoms with van der Waals surface area (Å²) in [7, 11) is 3.10. The molecule has 0 fully saturated rings. The van der Waals surface area contributed by atoms with Crippen molar-refractivity contribution in [1.82, 2.24) is 10.3 Å². The molecular formula is C22H23N3O6. The first-order chi connectivity index (χ1) is 15.1. The van der Waals surface area contributed by atoms with E-state index in [1.165, 1.54) is 0 Å². The van der Waals surface area contributed by atoms with Gasteiger partial charge in [-0.15, -0.1) is 0 Å². The number of aromatic nitrogens is 1. The molecule has 0 aliphatic carbocycles. The number of benzene rings is 2. The van der Waals surface area contributed by atoms with Crippen LogP contribution in [-0.4, -0.2) is 50.8 Å². The van der Waals surface area contributed by atoms with Crippen molar-refractivity contribution in [1.29, 1.82) is 0 Å². The largest absolute Gasteiger partial charge is 0.493 e. The molecule has 0 saturated carbocycles. The van der Waals surface area contributed by atoms with E-state index in [0.29, 0.717) is 47.6 Å². The summed E-state index contributed by atoms with van der Waals surface area (Å²) in [6.45, 7) is 1.17. The number of ether oxygens (including phenoxy) is 4. The molecule has 31 heavy (non-hydrogen) atoms. The third-order valence-electron chi connectivity index (χ3n) is 4.85. The number of aromatic amines is 1. The van der Waals surface area contributed by atoms with Gasteiger partial charge in [0.1, 0.15) is 18.9 Å². The van der Waals surface area contributed by atoms with Crippen LogP contribution in [0.1, 0.15) is 16.9 Å². The zero-order valence-corrected chi connectivity index (χ0v) is 17.2. The van der Waals surface area contributed by atoms with Gasteiger partial charge in [-0.1, -0.05) is 0 Å². The fourth-order valence-electron chi connectivity index (χ4n) is 3.38. The van der Waals surface area contributed by atoms with E-state index in [-0.39, 0.29) is 24.8 Å². The molecule has 1 aromatic heterocycles. The molecule has 0 radical (unpaired) electrons. The number of carbonyl (C=O) groups is 2. The standard InChI is InChI=1S/C22H23N3O6/c1-28-18-6-4-15-14(21(18)29-2)12-16(25-15)22(27)23-8-7-20(26)24-13-3-5-17-19(11-13)31-10-9-30-17/h3-6,11-12,25H,7-10H2,1-2H3,(H,23,27)(H,24,26). The van der Waals surface area contributed by atoms with Crippen LogP contribution >= 0.6 is 0 Å². The number of hydrogen-bond acceptors (Lipinski definition) is 6. The molecule has 9 nitrogen and oxygen atoms in total. The number of hydrogen-bond donors (Lipinski definition) is 3. The second-order valence-electron chi connectivity index (χ2n) is 6.86. The van der Waals surface area contributed by atoms with E-state index in [1.54, 1.807) is 44.6 Å². The maximum atomic E-state index is 12.5. The van der Waals surface area contributed by atoms with Crippen LogP contribution in [0.25, 0.3) is 10.9 Å². The maximum absolute atomic E-state index is 12.5. The smallest absolute Gasteiger partial charge is 0.267 e. The molecule has 0 saturated heterocycles. The van der Waals surface area contributed by atoms with Gasteiger partial charge in [-0.3, -0.25) is 9.59 Å².